The van der Waals surface area contributed by atoms with Crippen molar-refractivity contribution in [1.29, 1.82) is 0 Å². The van der Waals surface area contributed by atoms with E-state index in [9.17, 15) is 9.90 Å². The predicted octanol–water partition coefficient (Wildman–Crippen LogP) is 4.57. The Morgan fingerprint density at radius 1 is 1.14 bits per heavy atom. The van der Waals surface area contributed by atoms with Gasteiger partial charge in [0.2, 0.25) is 0 Å². The van der Waals surface area contributed by atoms with Crippen molar-refractivity contribution < 1.29 is 19.4 Å². The van der Waals surface area contributed by atoms with Gasteiger partial charge in [0.15, 0.2) is 5.82 Å². The number of hydrogen-bond acceptors (Lipinski definition) is 7. The number of alkyl carbamates (subject to hydrolysis) is 1. The molecule has 0 bridgehead atoms. The minimum absolute atomic E-state index is 0.0178. The van der Waals surface area contributed by atoms with Crippen LogP contribution in [-0.4, -0.2) is 59.6 Å². The maximum Gasteiger partial charge on any atom is 0.407 e. The zero-order chi connectivity index (χ0) is 24.2. The molecule has 3 heterocycles. The molecule has 8 heteroatoms. The van der Waals surface area contributed by atoms with Crippen LogP contribution in [0.1, 0.15) is 37.7 Å². The number of nitrogens with one attached hydrogen (secondary N) is 1. The van der Waals surface area contributed by atoms with E-state index in [1.807, 2.05) is 25.1 Å². The van der Waals surface area contributed by atoms with Crippen molar-refractivity contribution in [3.8, 4) is 17.1 Å². The monoisotopic (exact) mass is 476 g/mol. The van der Waals surface area contributed by atoms with Crippen LogP contribution in [0.25, 0.3) is 22.3 Å². The van der Waals surface area contributed by atoms with E-state index in [0.29, 0.717) is 18.0 Å². The SMILES string of the molecule is Cc1ccc2c(N3CCC(NC(=O)OCC4CCCCO4)CC3)nc(-c3ccccc3O)nc2c1. The highest BCUT2D eigenvalue weighted by atomic mass is 16.6. The third-order valence-corrected chi connectivity index (χ3v) is 6.77. The molecule has 2 fully saturated rings. The van der Waals surface area contributed by atoms with Crippen LogP contribution in [0, 0.1) is 6.92 Å². The number of carbonyl (C=O) groups is 1. The number of fused-ring (bicyclic) bond motifs is 1. The fourth-order valence-corrected chi connectivity index (χ4v) is 4.80. The molecule has 2 aromatic carbocycles. The zero-order valence-electron chi connectivity index (χ0n) is 20.1. The summed E-state index contributed by atoms with van der Waals surface area (Å²) < 4.78 is 11.0. The van der Waals surface area contributed by atoms with Crippen molar-refractivity contribution in [1.82, 2.24) is 15.3 Å². The Balaban J connectivity index is 1.28. The summed E-state index contributed by atoms with van der Waals surface area (Å²) in [5, 5.41) is 14.4. The topological polar surface area (TPSA) is 96.8 Å². The van der Waals surface area contributed by atoms with Gasteiger partial charge in [0.25, 0.3) is 0 Å². The molecule has 0 radical (unpaired) electrons. The van der Waals surface area contributed by atoms with Gasteiger partial charge in [-0.2, -0.15) is 0 Å². The number of piperidine rings is 1. The first-order valence-corrected chi connectivity index (χ1v) is 12.4. The van der Waals surface area contributed by atoms with Gasteiger partial charge in [-0.1, -0.05) is 18.2 Å². The number of anilines is 1. The van der Waals surface area contributed by atoms with E-state index in [4.69, 9.17) is 19.4 Å². The van der Waals surface area contributed by atoms with Crippen LogP contribution < -0.4 is 10.2 Å². The lowest BCUT2D eigenvalue weighted by Gasteiger charge is -2.33. The van der Waals surface area contributed by atoms with E-state index in [0.717, 1.165) is 74.1 Å². The van der Waals surface area contributed by atoms with E-state index in [2.05, 4.69) is 22.3 Å². The lowest BCUT2D eigenvalue weighted by Crippen LogP contribution is -2.45. The number of aryl methyl sites for hydroxylation is 1. The molecule has 0 saturated carbocycles. The molecule has 3 aromatic rings. The fraction of sp³-hybridized carbons (Fsp3) is 0.444. The van der Waals surface area contributed by atoms with Crippen molar-refractivity contribution in [2.24, 2.45) is 0 Å². The van der Waals surface area contributed by atoms with Gasteiger partial charge in [-0.05, 0) is 68.9 Å². The highest BCUT2D eigenvalue weighted by Gasteiger charge is 2.25. The van der Waals surface area contributed by atoms with Gasteiger partial charge in [-0.3, -0.25) is 0 Å². The average Bonchev–Trinajstić information content (AvgIpc) is 2.88. The maximum atomic E-state index is 12.3. The van der Waals surface area contributed by atoms with Crippen LogP contribution in [0.5, 0.6) is 5.75 Å². The molecule has 184 valence electrons. The van der Waals surface area contributed by atoms with Gasteiger partial charge in [-0.25, -0.2) is 14.8 Å². The van der Waals surface area contributed by atoms with Crippen molar-refractivity contribution in [2.75, 3.05) is 31.2 Å². The number of hydrogen-bond donors (Lipinski definition) is 2. The lowest BCUT2D eigenvalue weighted by atomic mass is 10.0. The van der Waals surface area contributed by atoms with Crippen LogP contribution in [0.4, 0.5) is 10.6 Å². The van der Waals surface area contributed by atoms with Gasteiger partial charge >= 0.3 is 6.09 Å². The van der Waals surface area contributed by atoms with Crippen molar-refractivity contribution in [2.45, 2.75) is 51.2 Å². The third-order valence-electron chi connectivity index (χ3n) is 6.77. The summed E-state index contributed by atoms with van der Waals surface area (Å²) >= 11 is 0. The van der Waals surface area contributed by atoms with Gasteiger partial charge in [0.1, 0.15) is 18.2 Å². The summed E-state index contributed by atoms with van der Waals surface area (Å²) in [7, 11) is 0. The molecule has 2 N–H and O–H groups in total. The minimum atomic E-state index is -0.373. The minimum Gasteiger partial charge on any atom is -0.507 e. The highest BCUT2D eigenvalue weighted by Crippen LogP contribution is 2.33. The van der Waals surface area contributed by atoms with E-state index in [-0.39, 0.29) is 24.0 Å². The van der Waals surface area contributed by atoms with E-state index in [1.54, 1.807) is 12.1 Å². The number of phenolic OH excluding ortho intramolecular Hbond substituents is 1. The molecule has 1 unspecified atom stereocenters. The molecule has 2 aliphatic rings. The zero-order valence-corrected chi connectivity index (χ0v) is 20.1. The summed E-state index contributed by atoms with van der Waals surface area (Å²) in [5.74, 6) is 1.51. The summed E-state index contributed by atoms with van der Waals surface area (Å²) in [4.78, 5) is 24.2. The molecule has 2 aliphatic heterocycles. The molecular formula is C27H32N4O4. The second kappa shape index (κ2) is 10.5. The molecule has 2 saturated heterocycles. The fourth-order valence-electron chi connectivity index (χ4n) is 4.80. The number of aromatic hydroxyl groups is 1. The molecule has 1 amide bonds. The summed E-state index contributed by atoms with van der Waals surface area (Å²) in [6, 6.07) is 13.4. The molecule has 1 atom stereocenters. The predicted molar refractivity (Wildman–Crippen MR) is 135 cm³/mol. The van der Waals surface area contributed by atoms with Crippen molar-refractivity contribution in [3.05, 3.63) is 48.0 Å². The van der Waals surface area contributed by atoms with E-state index in [1.165, 1.54) is 0 Å². The van der Waals surface area contributed by atoms with E-state index < -0.39 is 0 Å². The Kier molecular flexibility index (Phi) is 6.99. The van der Waals surface area contributed by atoms with Crippen LogP contribution in [0.2, 0.25) is 0 Å². The maximum absolute atomic E-state index is 12.3. The van der Waals surface area contributed by atoms with Crippen LogP contribution >= 0.6 is 0 Å². The number of carbonyl (C=O) groups excluding carboxylic acids is 1. The number of rotatable bonds is 5. The number of amides is 1. The highest BCUT2D eigenvalue weighted by molar-refractivity contribution is 5.92. The standard InChI is InChI=1S/C27H32N4O4/c1-18-9-10-21-23(16-18)29-25(22-7-2-3-8-24(22)32)30-26(21)31-13-11-19(12-14-31)28-27(33)35-17-20-6-4-5-15-34-20/h2-3,7-10,16,19-20,32H,4-6,11-15,17H2,1H3,(H,28,33). The van der Waals surface area contributed by atoms with Crippen molar-refractivity contribution in [3.63, 3.8) is 0 Å². The number of aromatic nitrogens is 2. The Hall–Kier alpha value is -3.39. The van der Waals surface area contributed by atoms with Gasteiger partial charge in [0.05, 0.1) is 17.2 Å². The van der Waals surface area contributed by atoms with Gasteiger partial charge in [0, 0.05) is 31.1 Å². The molecule has 5 rings (SSSR count). The Bertz CT molecular complexity index is 1190. The second-order valence-electron chi connectivity index (χ2n) is 9.40. The average molecular weight is 477 g/mol. The quantitative estimate of drug-likeness (QED) is 0.557. The largest absolute Gasteiger partial charge is 0.507 e. The van der Waals surface area contributed by atoms with E-state index >= 15 is 0 Å². The van der Waals surface area contributed by atoms with Gasteiger partial charge in [-0.15, -0.1) is 0 Å². The van der Waals surface area contributed by atoms with Crippen LogP contribution in [0.3, 0.4) is 0 Å². The summed E-state index contributed by atoms with van der Waals surface area (Å²) in [5.41, 5.74) is 2.57. The first kappa shape index (κ1) is 23.4. The first-order chi connectivity index (χ1) is 17.1. The second-order valence-corrected chi connectivity index (χ2v) is 9.40. The Morgan fingerprint density at radius 2 is 1.97 bits per heavy atom. The molecule has 0 aliphatic carbocycles. The Labute approximate surface area is 205 Å². The number of ether oxygens (including phenoxy) is 2. The molecule has 0 spiro atoms. The molecular weight excluding hydrogens is 444 g/mol. The van der Waals surface area contributed by atoms with Crippen molar-refractivity contribution >= 4 is 22.8 Å². The first-order valence-electron chi connectivity index (χ1n) is 12.4. The van der Waals surface area contributed by atoms with Crippen LogP contribution in [0.15, 0.2) is 42.5 Å². The summed E-state index contributed by atoms with van der Waals surface area (Å²) in [6.45, 7) is 4.59. The molecule has 35 heavy (non-hydrogen) atoms. The third kappa shape index (κ3) is 5.48. The van der Waals surface area contributed by atoms with Crippen LogP contribution in [-0.2, 0) is 9.47 Å². The number of para-hydroxylation sites is 1. The smallest absolute Gasteiger partial charge is 0.407 e. The molecule has 8 nitrogen and oxygen atoms in total. The summed E-state index contributed by atoms with van der Waals surface area (Å²) in [6.07, 6.45) is 4.37. The molecule has 1 aromatic heterocycles. The van der Waals surface area contributed by atoms with Gasteiger partial charge < -0.3 is 24.8 Å². The number of benzene rings is 2. The lowest BCUT2D eigenvalue weighted by molar-refractivity contribution is -0.0228. The number of phenols is 1. The Morgan fingerprint density at radius 3 is 2.74 bits per heavy atom. The normalized spacial score (nSPS) is 19.0. The number of nitrogens with zero attached hydrogens (tertiary/aromatic N) is 3.